The summed E-state index contributed by atoms with van der Waals surface area (Å²) in [7, 11) is 1.77. The fraction of sp³-hybridized carbons (Fsp3) is 0.125. The Labute approximate surface area is 101 Å². The molecule has 0 amide bonds. The predicted molar refractivity (Wildman–Crippen MR) is 59.7 cm³/mol. The van der Waals surface area contributed by atoms with Gasteiger partial charge in [-0.05, 0) is 17.8 Å². The number of aryl methyl sites for hydroxylation is 1. The molecule has 0 bridgehead atoms. The molecule has 8 nitrogen and oxygen atoms in total. The molecule has 2 aromatic rings. The first-order chi connectivity index (χ1) is 8.20. The molecule has 0 aliphatic heterocycles. The first-order valence-corrected chi connectivity index (χ1v) is 5.35. The predicted octanol–water partition coefficient (Wildman–Crippen LogP) is -0.149. The van der Waals surface area contributed by atoms with Gasteiger partial charge in [0, 0.05) is 13.2 Å². The normalized spacial score (nSPS) is 11.7. The van der Waals surface area contributed by atoms with Crippen molar-refractivity contribution in [2.75, 3.05) is 0 Å². The Bertz CT molecular complexity index is 552. The molecule has 0 spiro atoms. The van der Waals surface area contributed by atoms with Gasteiger partial charge in [0.05, 0.1) is 0 Å². The molecule has 0 aromatic carbocycles. The molecule has 2 heterocycles. The van der Waals surface area contributed by atoms with E-state index in [0.717, 1.165) is 0 Å². The van der Waals surface area contributed by atoms with Gasteiger partial charge in [-0.25, -0.2) is 19.6 Å². The number of aromatic nitrogens is 5. The van der Waals surface area contributed by atoms with Crippen molar-refractivity contribution in [1.29, 1.82) is 0 Å². The second-order valence-corrected chi connectivity index (χ2v) is 3.91. The van der Waals surface area contributed by atoms with Crippen molar-refractivity contribution in [2.24, 2.45) is 17.9 Å². The van der Waals surface area contributed by atoms with Crippen LogP contribution in [0.4, 0.5) is 0 Å². The standard InChI is InChI=1S/C8H9N7OS/c1-15-8(11-4-12-15)17-7-10-3-2-5(13-7)6(9)14-16/h2-4,16H,1H3,(H2,9,14). The number of rotatable bonds is 3. The minimum atomic E-state index is -0.0628. The highest BCUT2D eigenvalue weighted by Gasteiger charge is 2.08. The first kappa shape index (κ1) is 11.3. The summed E-state index contributed by atoms with van der Waals surface area (Å²) in [5.41, 5.74) is 5.79. The van der Waals surface area contributed by atoms with E-state index in [1.807, 2.05) is 0 Å². The molecular weight excluding hydrogens is 242 g/mol. The maximum absolute atomic E-state index is 8.55. The molecule has 17 heavy (non-hydrogen) atoms. The molecule has 3 N–H and O–H groups in total. The molecule has 2 rings (SSSR count). The Kier molecular flexibility index (Phi) is 3.19. The highest BCUT2D eigenvalue weighted by molar-refractivity contribution is 7.99. The van der Waals surface area contributed by atoms with Crippen LogP contribution in [0.1, 0.15) is 5.69 Å². The van der Waals surface area contributed by atoms with Gasteiger partial charge in [0.2, 0.25) is 0 Å². The van der Waals surface area contributed by atoms with E-state index >= 15 is 0 Å². The number of hydrogen-bond acceptors (Lipinski definition) is 7. The minimum Gasteiger partial charge on any atom is -0.409 e. The molecular formula is C8H9N7OS. The van der Waals surface area contributed by atoms with E-state index in [4.69, 9.17) is 10.9 Å². The van der Waals surface area contributed by atoms with Crippen molar-refractivity contribution in [3.8, 4) is 0 Å². The van der Waals surface area contributed by atoms with Gasteiger partial charge in [-0.15, -0.1) is 0 Å². The fourth-order valence-electron chi connectivity index (χ4n) is 1.04. The van der Waals surface area contributed by atoms with Crippen LogP contribution in [0, 0.1) is 0 Å². The summed E-state index contributed by atoms with van der Waals surface area (Å²) in [6.07, 6.45) is 2.97. The van der Waals surface area contributed by atoms with Crippen LogP contribution in [0.15, 0.2) is 34.1 Å². The van der Waals surface area contributed by atoms with Crippen molar-refractivity contribution in [1.82, 2.24) is 24.7 Å². The lowest BCUT2D eigenvalue weighted by molar-refractivity contribution is 0.318. The Morgan fingerprint density at radius 2 is 2.35 bits per heavy atom. The van der Waals surface area contributed by atoms with E-state index in [9.17, 15) is 0 Å². The van der Waals surface area contributed by atoms with Crippen LogP contribution in [-0.2, 0) is 7.05 Å². The van der Waals surface area contributed by atoms with Crippen LogP contribution in [0.5, 0.6) is 0 Å². The van der Waals surface area contributed by atoms with E-state index in [1.165, 1.54) is 24.3 Å². The van der Waals surface area contributed by atoms with Crippen molar-refractivity contribution in [3.05, 3.63) is 24.3 Å². The Morgan fingerprint density at radius 1 is 1.53 bits per heavy atom. The average molecular weight is 251 g/mol. The average Bonchev–Trinajstić information content (AvgIpc) is 2.74. The van der Waals surface area contributed by atoms with Crippen LogP contribution in [0.25, 0.3) is 0 Å². The number of nitrogens with two attached hydrogens (primary N) is 1. The van der Waals surface area contributed by atoms with Crippen LogP contribution in [0.3, 0.4) is 0 Å². The van der Waals surface area contributed by atoms with Crippen molar-refractivity contribution in [2.45, 2.75) is 10.3 Å². The Hall–Kier alpha value is -2.16. The summed E-state index contributed by atoms with van der Waals surface area (Å²) in [6, 6.07) is 1.55. The van der Waals surface area contributed by atoms with Gasteiger partial charge < -0.3 is 10.9 Å². The fourth-order valence-corrected chi connectivity index (χ4v) is 1.74. The highest BCUT2D eigenvalue weighted by Crippen LogP contribution is 2.20. The number of hydrogen-bond donors (Lipinski definition) is 2. The van der Waals surface area contributed by atoms with Gasteiger partial charge in [-0.1, -0.05) is 5.16 Å². The molecule has 0 atom stereocenters. The second kappa shape index (κ2) is 4.78. The quantitative estimate of drug-likeness (QED) is 0.256. The molecule has 0 unspecified atom stereocenters. The topological polar surface area (TPSA) is 115 Å². The first-order valence-electron chi connectivity index (χ1n) is 4.53. The van der Waals surface area contributed by atoms with Crippen LogP contribution in [-0.4, -0.2) is 35.8 Å². The molecule has 0 saturated heterocycles. The highest BCUT2D eigenvalue weighted by atomic mass is 32.2. The summed E-state index contributed by atoms with van der Waals surface area (Å²) in [5, 5.41) is 16.5. The zero-order valence-corrected chi connectivity index (χ0v) is 9.66. The molecule has 88 valence electrons. The smallest absolute Gasteiger partial charge is 0.196 e. The molecule has 9 heteroatoms. The molecule has 0 saturated carbocycles. The van der Waals surface area contributed by atoms with E-state index in [2.05, 4.69) is 25.2 Å². The third kappa shape index (κ3) is 2.50. The summed E-state index contributed by atoms with van der Waals surface area (Å²) in [5.74, 6) is -0.0628. The molecule has 0 aliphatic carbocycles. The van der Waals surface area contributed by atoms with Crippen molar-refractivity contribution in [3.63, 3.8) is 0 Å². The van der Waals surface area contributed by atoms with E-state index in [1.54, 1.807) is 17.8 Å². The monoisotopic (exact) mass is 251 g/mol. The van der Waals surface area contributed by atoms with Crippen LogP contribution in [0.2, 0.25) is 0 Å². The number of oxime groups is 1. The lowest BCUT2D eigenvalue weighted by atomic mass is 10.4. The van der Waals surface area contributed by atoms with Crippen molar-refractivity contribution < 1.29 is 5.21 Å². The second-order valence-electron chi connectivity index (χ2n) is 2.98. The number of nitrogens with zero attached hydrogens (tertiary/aromatic N) is 6. The van der Waals surface area contributed by atoms with E-state index in [-0.39, 0.29) is 5.84 Å². The van der Waals surface area contributed by atoms with Crippen LogP contribution >= 0.6 is 11.8 Å². The van der Waals surface area contributed by atoms with Gasteiger partial charge >= 0.3 is 0 Å². The molecule has 0 radical (unpaired) electrons. The summed E-state index contributed by atoms with van der Waals surface area (Å²) < 4.78 is 1.60. The molecule has 2 aromatic heterocycles. The van der Waals surface area contributed by atoms with Crippen molar-refractivity contribution >= 4 is 17.6 Å². The summed E-state index contributed by atoms with van der Waals surface area (Å²) >= 11 is 1.24. The third-order valence-electron chi connectivity index (χ3n) is 1.86. The maximum Gasteiger partial charge on any atom is 0.196 e. The van der Waals surface area contributed by atoms with E-state index < -0.39 is 0 Å². The van der Waals surface area contributed by atoms with Gasteiger partial charge in [0.25, 0.3) is 0 Å². The van der Waals surface area contributed by atoms with Crippen LogP contribution < -0.4 is 5.73 Å². The SMILES string of the molecule is Cn1ncnc1Sc1nccc(/C(N)=N/O)n1. The Balaban J connectivity index is 2.26. The Morgan fingerprint density at radius 3 is 3.00 bits per heavy atom. The maximum atomic E-state index is 8.55. The summed E-state index contributed by atoms with van der Waals surface area (Å²) in [4.78, 5) is 12.2. The lowest BCUT2D eigenvalue weighted by Gasteiger charge is -2.01. The van der Waals surface area contributed by atoms with Gasteiger partial charge in [0.15, 0.2) is 16.1 Å². The van der Waals surface area contributed by atoms with Gasteiger partial charge in [-0.3, -0.25) is 0 Å². The largest absolute Gasteiger partial charge is 0.409 e. The summed E-state index contributed by atoms with van der Waals surface area (Å²) in [6.45, 7) is 0. The van der Waals surface area contributed by atoms with Gasteiger partial charge in [0.1, 0.15) is 12.0 Å². The van der Waals surface area contributed by atoms with E-state index in [0.29, 0.717) is 16.0 Å². The molecule has 0 aliphatic rings. The number of amidine groups is 1. The molecule has 0 fully saturated rings. The zero-order chi connectivity index (χ0) is 12.3. The third-order valence-corrected chi connectivity index (χ3v) is 2.79. The zero-order valence-electron chi connectivity index (χ0n) is 8.85. The lowest BCUT2D eigenvalue weighted by Crippen LogP contribution is -2.15. The van der Waals surface area contributed by atoms with Gasteiger partial charge in [-0.2, -0.15) is 5.10 Å². The minimum absolute atomic E-state index is 0.0628.